The number of hydrogen-bond donors (Lipinski definition) is 2. The first-order valence-electron chi connectivity index (χ1n) is 6.44. The summed E-state index contributed by atoms with van der Waals surface area (Å²) in [6, 6.07) is 2.08. The van der Waals surface area contributed by atoms with Gasteiger partial charge in [0.15, 0.2) is 0 Å². The number of ether oxygens (including phenoxy) is 2. The van der Waals surface area contributed by atoms with Gasteiger partial charge in [0.25, 0.3) is 0 Å². The fourth-order valence-corrected chi connectivity index (χ4v) is 2.62. The summed E-state index contributed by atoms with van der Waals surface area (Å²) in [6.07, 6.45) is 1.98. The highest BCUT2D eigenvalue weighted by Crippen LogP contribution is 2.11. The second-order valence-corrected chi connectivity index (χ2v) is 5.37. The van der Waals surface area contributed by atoms with Gasteiger partial charge in [0.2, 0.25) is 0 Å². The Morgan fingerprint density at radius 2 is 2.56 bits per heavy atom. The molecule has 0 bridgehead atoms. The van der Waals surface area contributed by atoms with Gasteiger partial charge >= 0.3 is 0 Å². The molecule has 2 heterocycles. The van der Waals surface area contributed by atoms with Gasteiger partial charge in [-0.05, 0) is 35.2 Å². The van der Waals surface area contributed by atoms with Crippen LogP contribution >= 0.6 is 11.3 Å². The standard InChI is InChI=1S/C13H21NO3S/c15-12(7-14-6-11-3-5-18-10-11)8-16-9-13-2-1-4-17-13/h3,5,10,12-15H,1-2,4,6-9H2. The van der Waals surface area contributed by atoms with Crippen LogP contribution in [0.15, 0.2) is 16.8 Å². The van der Waals surface area contributed by atoms with E-state index in [2.05, 4.69) is 22.1 Å². The van der Waals surface area contributed by atoms with Crippen molar-refractivity contribution in [3.8, 4) is 0 Å². The summed E-state index contributed by atoms with van der Waals surface area (Å²) in [5, 5.41) is 17.1. The molecule has 1 aromatic heterocycles. The molecule has 102 valence electrons. The van der Waals surface area contributed by atoms with Crippen molar-refractivity contribution in [3.63, 3.8) is 0 Å². The molecule has 1 aliphatic rings. The van der Waals surface area contributed by atoms with E-state index in [4.69, 9.17) is 9.47 Å². The quantitative estimate of drug-likeness (QED) is 0.750. The van der Waals surface area contributed by atoms with Crippen LogP contribution < -0.4 is 5.32 Å². The Hall–Kier alpha value is -0.460. The molecule has 0 radical (unpaired) electrons. The number of thiophene rings is 1. The molecule has 1 aromatic rings. The normalized spacial score (nSPS) is 21.3. The van der Waals surface area contributed by atoms with E-state index in [-0.39, 0.29) is 6.10 Å². The molecule has 4 nitrogen and oxygen atoms in total. The van der Waals surface area contributed by atoms with E-state index in [9.17, 15) is 5.11 Å². The van der Waals surface area contributed by atoms with Crippen LogP contribution in [0.4, 0.5) is 0 Å². The van der Waals surface area contributed by atoms with Crippen LogP contribution in [0.25, 0.3) is 0 Å². The molecule has 0 saturated carbocycles. The molecule has 2 unspecified atom stereocenters. The van der Waals surface area contributed by atoms with E-state index in [1.54, 1.807) is 11.3 Å². The van der Waals surface area contributed by atoms with Gasteiger partial charge in [0.1, 0.15) is 0 Å². The van der Waals surface area contributed by atoms with Crippen LogP contribution in [0.1, 0.15) is 18.4 Å². The van der Waals surface area contributed by atoms with Crippen molar-refractivity contribution in [2.24, 2.45) is 0 Å². The maximum Gasteiger partial charge on any atom is 0.0897 e. The molecule has 0 spiro atoms. The SMILES string of the molecule is OC(CNCc1ccsc1)COCC1CCCO1. The lowest BCUT2D eigenvalue weighted by molar-refractivity contribution is -0.0164. The van der Waals surface area contributed by atoms with Crippen LogP contribution in [0, 0.1) is 0 Å². The van der Waals surface area contributed by atoms with Gasteiger partial charge in [-0.1, -0.05) is 0 Å². The third-order valence-corrected chi connectivity index (χ3v) is 3.66. The summed E-state index contributed by atoms with van der Waals surface area (Å²) in [4.78, 5) is 0. The van der Waals surface area contributed by atoms with E-state index < -0.39 is 6.10 Å². The second-order valence-electron chi connectivity index (χ2n) is 4.59. The monoisotopic (exact) mass is 271 g/mol. The Bertz CT molecular complexity index is 312. The van der Waals surface area contributed by atoms with Gasteiger partial charge in [0.05, 0.1) is 25.4 Å². The van der Waals surface area contributed by atoms with Crippen LogP contribution in [-0.2, 0) is 16.0 Å². The van der Waals surface area contributed by atoms with Gasteiger partial charge in [-0.3, -0.25) is 0 Å². The highest BCUT2D eigenvalue weighted by molar-refractivity contribution is 7.07. The van der Waals surface area contributed by atoms with Crippen molar-refractivity contribution in [1.29, 1.82) is 0 Å². The van der Waals surface area contributed by atoms with E-state index in [1.807, 2.05) is 0 Å². The highest BCUT2D eigenvalue weighted by Gasteiger charge is 2.15. The summed E-state index contributed by atoms with van der Waals surface area (Å²) < 4.78 is 10.9. The molecule has 2 atom stereocenters. The van der Waals surface area contributed by atoms with Crippen molar-refractivity contribution < 1.29 is 14.6 Å². The fraction of sp³-hybridized carbons (Fsp3) is 0.692. The first kappa shape index (κ1) is 14.0. The maximum atomic E-state index is 9.73. The Labute approximate surface area is 112 Å². The lowest BCUT2D eigenvalue weighted by Crippen LogP contribution is -2.31. The van der Waals surface area contributed by atoms with Gasteiger partial charge < -0.3 is 19.9 Å². The van der Waals surface area contributed by atoms with Gasteiger partial charge in [-0.2, -0.15) is 11.3 Å². The van der Waals surface area contributed by atoms with E-state index in [1.165, 1.54) is 5.56 Å². The minimum atomic E-state index is -0.454. The second kappa shape index (κ2) is 7.86. The Morgan fingerprint density at radius 1 is 1.61 bits per heavy atom. The van der Waals surface area contributed by atoms with Crippen LogP contribution in [0.5, 0.6) is 0 Å². The third kappa shape index (κ3) is 5.04. The lowest BCUT2D eigenvalue weighted by Gasteiger charge is -2.14. The number of aliphatic hydroxyl groups excluding tert-OH is 1. The van der Waals surface area contributed by atoms with Crippen LogP contribution in [0.3, 0.4) is 0 Å². The van der Waals surface area contributed by atoms with Crippen molar-refractivity contribution >= 4 is 11.3 Å². The van der Waals surface area contributed by atoms with Crippen molar-refractivity contribution in [2.45, 2.75) is 31.6 Å². The average Bonchev–Trinajstić information content (AvgIpc) is 3.01. The molecule has 0 aliphatic carbocycles. The molecule has 0 amide bonds. The van der Waals surface area contributed by atoms with E-state index in [0.29, 0.717) is 19.8 Å². The third-order valence-electron chi connectivity index (χ3n) is 2.93. The number of rotatable bonds is 8. The Kier molecular flexibility index (Phi) is 6.10. The van der Waals surface area contributed by atoms with Gasteiger partial charge in [-0.15, -0.1) is 0 Å². The number of aliphatic hydroxyl groups is 1. The summed E-state index contributed by atoms with van der Waals surface area (Å²) in [7, 11) is 0. The average molecular weight is 271 g/mol. The summed E-state index contributed by atoms with van der Waals surface area (Å²) in [5.41, 5.74) is 1.26. The fourth-order valence-electron chi connectivity index (χ4n) is 1.95. The zero-order valence-corrected chi connectivity index (χ0v) is 11.3. The molecule has 2 N–H and O–H groups in total. The first-order chi connectivity index (χ1) is 8.84. The Balaban J connectivity index is 1.48. The molecular weight excluding hydrogens is 250 g/mol. The lowest BCUT2D eigenvalue weighted by atomic mass is 10.2. The molecule has 1 fully saturated rings. The maximum absolute atomic E-state index is 9.73. The molecule has 18 heavy (non-hydrogen) atoms. The van der Waals surface area contributed by atoms with E-state index in [0.717, 1.165) is 26.0 Å². The zero-order chi connectivity index (χ0) is 12.6. The first-order valence-corrected chi connectivity index (χ1v) is 7.38. The Morgan fingerprint density at radius 3 is 3.28 bits per heavy atom. The topological polar surface area (TPSA) is 50.7 Å². The van der Waals surface area contributed by atoms with Crippen LogP contribution in [0.2, 0.25) is 0 Å². The molecule has 1 aliphatic heterocycles. The molecular formula is C13H21NO3S. The predicted molar refractivity (Wildman–Crippen MR) is 71.8 cm³/mol. The smallest absolute Gasteiger partial charge is 0.0897 e. The number of hydrogen-bond acceptors (Lipinski definition) is 5. The molecule has 5 heteroatoms. The highest BCUT2D eigenvalue weighted by atomic mass is 32.1. The van der Waals surface area contributed by atoms with Crippen molar-refractivity contribution in [3.05, 3.63) is 22.4 Å². The largest absolute Gasteiger partial charge is 0.389 e. The summed E-state index contributed by atoms with van der Waals surface area (Å²) in [6.45, 7) is 3.17. The number of nitrogens with one attached hydrogen (secondary N) is 1. The molecule has 1 saturated heterocycles. The molecule has 0 aromatic carbocycles. The van der Waals surface area contributed by atoms with Crippen LogP contribution in [-0.4, -0.2) is 43.7 Å². The summed E-state index contributed by atoms with van der Waals surface area (Å²) in [5.74, 6) is 0. The minimum absolute atomic E-state index is 0.232. The predicted octanol–water partition coefficient (Wildman–Crippen LogP) is 1.39. The van der Waals surface area contributed by atoms with Crippen molar-refractivity contribution in [1.82, 2.24) is 5.32 Å². The van der Waals surface area contributed by atoms with E-state index >= 15 is 0 Å². The molecule has 2 rings (SSSR count). The van der Waals surface area contributed by atoms with Gasteiger partial charge in [-0.25, -0.2) is 0 Å². The van der Waals surface area contributed by atoms with Gasteiger partial charge in [0, 0.05) is 19.7 Å². The minimum Gasteiger partial charge on any atom is -0.389 e. The van der Waals surface area contributed by atoms with Crippen molar-refractivity contribution in [2.75, 3.05) is 26.4 Å². The zero-order valence-electron chi connectivity index (χ0n) is 10.5. The summed E-state index contributed by atoms with van der Waals surface area (Å²) >= 11 is 1.69.